The van der Waals surface area contributed by atoms with Gasteiger partial charge in [0.05, 0.1) is 0 Å². The summed E-state index contributed by atoms with van der Waals surface area (Å²) >= 11 is 4.94. The van der Waals surface area contributed by atoms with Crippen LogP contribution in [0.15, 0.2) is 45.1 Å². The summed E-state index contributed by atoms with van der Waals surface area (Å²) in [5, 5.41) is 8.95. The van der Waals surface area contributed by atoms with Gasteiger partial charge in [-0.25, -0.2) is 4.98 Å². The molecule has 3 aliphatic heterocycles. The zero-order valence-electron chi connectivity index (χ0n) is 22.7. The lowest BCUT2D eigenvalue weighted by Crippen LogP contribution is -2.46. The maximum atomic E-state index is 12.7. The van der Waals surface area contributed by atoms with Crippen LogP contribution in [-0.2, 0) is 0 Å². The van der Waals surface area contributed by atoms with Gasteiger partial charge < -0.3 is 20.3 Å². The van der Waals surface area contributed by atoms with Gasteiger partial charge in [-0.3, -0.25) is 14.1 Å². The van der Waals surface area contributed by atoms with Crippen LogP contribution in [0.1, 0.15) is 43.6 Å². The number of likely N-dealkylation sites (N-methyl/N-ethyl adjacent to an activating group) is 1. The molecule has 1 aromatic carbocycles. The first-order valence-corrected chi connectivity index (χ1v) is 15.9. The zero-order valence-corrected chi connectivity index (χ0v) is 25.1. The molecule has 2 N–H and O–H groups in total. The highest BCUT2D eigenvalue weighted by molar-refractivity contribution is 9.10. The first kappa shape index (κ1) is 27.2. The van der Waals surface area contributed by atoms with Gasteiger partial charge in [0, 0.05) is 37.3 Å². The number of piperidine rings is 3. The second-order valence-corrected chi connectivity index (χ2v) is 13.3. The van der Waals surface area contributed by atoms with Crippen molar-refractivity contribution in [3.8, 4) is 5.75 Å². The van der Waals surface area contributed by atoms with Crippen LogP contribution in [0, 0.1) is 5.41 Å². The number of hydrogen-bond acceptors (Lipinski definition) is 8. The lowest BCUT2D eigenvalue weighted by atomic mass is 9.71. The highest BCUT2D eigenvalue weighted by Gasteiger charge is 2.35. The highest BCUT2D eigenvalue weighted by atomic mass is 79.9. The number of anilines is 1. The molecule has 1 spiro atoms. The lowest BCUT2D eigenvalue weighted by molar-refractivity contribution is 0.0664. The number of likely N-dealkylation sites (tertiary alicyclic amines) is 2. The third-order valence-corrected chi connectivity index (χ3v) is 10.5. The minimum Gasteiger partial charge on any atom is -0.492 e. The SMILES string of the molecule is CN1C[C@H](Nc2nc3sccn3c(=O)c2Br)C[C@H](c2ccc(OCCN3CCC4(CCNCC4)CC3)cc2)C1. The molecule has 3 aromatic rings. The number of halogens is 1. The molecule has 0 amide bonds. The maximum Gasteiger partial charge on any atom is 0.275 e. The van der Waals surface area contributed by atoms with E-state index in [1.54, 1.807) is 10.6 Å². The molecule has 10 heteroatoms. The molecular formula is C29H39BrN6O2S. The van der Waals surface area contributed by atoms with E-state index in [0.717, 1.165) is 38.4 Å². The Labute approximate surface area is 242 Å². The van der Waals surface area contributed by atoms with Crippen molar-refractivity contribution in [2.45, 2.75) is 44.1 Å². The lowest BCUT2D eigenvalue weighted by Gasteiger charge is -2.44. The van der Waals surface area contributed by atoms with Crippen molar-refractivity contribution in [3.05, 3.63) is 56.2 Å². The van der Waals surface area contributed by atoms with Crippen LogP contribution in [-0.4, -0.2) is 84.7 Å². The summed E-state index contributed by atoms with van der Waals surface area (Å²) in [7, 11) is 2.16. The third-order valence-electron chi connectivity index (χ3n) is 8.99. The van der Waals surface area contributed by atoms with Crippen molar-refractivity contribution < 1.29 is 4.74 Å². The van der Waals surface area contributed by atoms with Crippen LogP contribution in [0.2, 0.25) is 0 Å². The average molecular weight is 616 g/mol. The van der Waals surface area contributed by atoms with Gasteiger partial charge in [0.15, 0.2) is 4.96 Å². The molecule has 3 saturated heterocycles. The van der Waals surface area contributed by atoms with Crippen LogP contribution in [0.5, 0.6) is 5.75 Å². The molecule has 6 rings (SSSR count). The van der Waals surface area contributed by atoms with Gasteiger partial charge in [0.25, 0.3) is 5.56 Å². The highest BCUT2D eigenvalue weighted by Crippen LogP contribution is 2.39. The fourth-order valence-electron chi connectivity index (χ4n) is 6.65. The number of nitrogens with zero attached hydrogens (tertiary/aromatic N) is 4. The predicted octanol–water partition coefficient (Wildman–Crippen LogP) is 4.26. The van der Waals surface area contributed by atoms with Gasteiger partial charge in [-0.05, 0) is 110 Å². The Balaban J connectivity index is 1.01. The van der Waals surface area contributed by atoms with Gasteiger partial charge in [0.2, 0.25) is 0 Å². The van der Waals surface area contributed by atoms with E-state index in [1.807, 2.05) is 5.38 Å². The number of benzene rings is 1. The van der Waals surface area contributed by atoms with Crippen LogP contribution >= 0.6 is 27.3 Å². The van der Waals surface area contributed by atoms with E-state index < -0.39 is 0 Å². The Kier molecular flexibility index (Phi) is 8.28. The number of aromatic nitrogens is 2. The van der Waals surface area contributed by atoms with Crippen LogP contribution in [0.4, 0.5) is 5.82 Å². The number of nitrogens with one attached hydrogen (secondary N) is 2. The van der Waals surface area contributed by atoms with Gasteiger partial charge in [-0.2, -0.15) is 0 Å². The van der Waals surface area contributed by atoms with Crippen LogP contribution < -0.4 is 20.9 Å². The van der Waals surface area contributed by atoms with Crippen molar-refractivity contribution in [2.75, 3.05) is 64.8 Å². The van der Waals surface area contributed by atoms with Crippen molar-refractivity contribution in [3.63, 3.8) is 0 Å². The Morgan fingerprint density at radius 1 is 1.15 bits per heavy atom. The molecule has 0 bridgehead atoms. The first-order valence-electron chi connectivity index (χ1n) is 14.2. The van der Waals surface area contributed by atoms with E-state index in [9.17, 15) is 4.79 Å². The standard InChI is InChI=1S/C29H39BrN6O2S/c1-34-19-22(18-23(20-34)32-26-25(30)27(37)36-15-17-39-28(36)33-26)21-2-4-24(5-3-21)38-16-14-35-12-8-29(9-13-35)6-10-31-11-7-29/h2-5,15,17,22-23,31-32H,6-14,16,18-20H2,1H3/t22-,23+/m0/s1. The summed E-state index contributed by atoms with van der Waals surface area (Å²) in [5.41, 5.74) is 1.85. The molecule has 2 aromatic heterocycles. The molecule has 5 heterocycles. The quantitative estimate of drug-likeness (QED) is 0.412. The summed E-state index contributed by atoms with van der Waals surface area (Å²) in [6, 6.07) is 8.88. The number of fused-ring (bicyclic) bond motifs is 1. The normalized spacial score (nSPS) is 24.3. The molecular weight excluding hydrogens is 576 g/mol. The summed E-state index contributed by atoms with van der Waals surface area (Å²) in [6.07, 6.45) is 8.10. The fraction of sp³-hybridized carbons (Fsp3) is 0.586. The van der Waals surface area contributed by atoms with Crippen molar-refractivity contribution in [1.82, 2.24) is 24.5 Å². The smallest absolute Gasteiger partial charge is 0.275 e. The second kappa shape index (κ2) is 11.9. The molecule has 8 nitrogen and oxygen atoms in total. The number of hydrogen-bond donors (Lipinski definition) is 2. The molecule has 39 heavy (non-hydrogen) atoms. The molecule has 0 saturated carbocycles. The summed E-state index contributed by atoms with van der Waals surface area (Å²) in [4.78, 5) is 23.0. The van der Waals surface area contributed by atoms with Crippen molar-refractivity contribution in [1.29, 1.82) is 0 Å². The number of ether oxygens (including phenoxy) is 1. The van der Waals surface area contributed by atoms with Crippen molar-refractivity contribution in [2.24, 2.45) is 5.41 Å². The molecule has 0 unspecified atom stereocenters. The topological polar surface area (TPSA) is 74.1 Å². The molecule has 2 atom stereocenters. The monoisotopic (exact) mass is 614 g/mol. The van der Waals surface area contributed by atoms with Gasteiger partial charge in [0.1, 0.15) is 22.6 Å². The molecule has 3 fully saturated rings. The Hall–Kier alpha value is -1.98. The van der Waals surface area contributed by atoms with Crippen LogP contribution in [0.25, 0.3) is 4.96 Å². The fourth-order valence-corrected chi connectivity index (χ4v) is 7.75. The molecule has 3 aliphatic rings. The first-order chi connectivity index (χ1) is 19.0. The van der Waals surface area contributed by atoms with Gasteiger partial charge in [-0.15, -0.1) is 11.3 Å². The zero-order chi connectivity index (χ0) is 26.8. The third kappa shape index (κ3) is 6.20. The van der Waals surface area contributed by atoms with E-state index in [2.05, 4.69) is 67.7 Å². The van der Waals surface area contributed by atoms with Gasteiger partial charge in [-0.1, -0.05) is 12.1 Å². The molecule has 0 aliphatic carbocycles. The summed E-state index contributed by atoms with van der Waals surface area (Å²) < 4.78 is 8.21. The minimum atomic E-state index is -0.0778. The van der Waals surface area contributed by atoms with E-state index in [1.165, 1.54) is 68.8 Å². The Morgan fingerprint density at radius 2 is 1.92 bits per heavy atom. The minimum absolute atomic E-state index is 0.0778. The second-order valence-electron chi connectivity index (χ2n) is 11.6. The number of thiazole rings is 1. The molecule has 210 valence electrons. The Morgan fingerprint density at radius 3 is 2.69 bits per heavy atom. The largest absolute Gasteiger partial charge is 0.492 e. The number of rotatable bonds is 7. The average Bonchev–Trinajstić information content (AvgIpc) is 3.42. The Bertz CT molecular complexity index is 1310. The summed E-state index contributed by atoms with van der Waals surface area (Å²) in [6.45, 7) is 8.44. The van der Waals surface area contributed by atoms with E-state index in [4.69, 9.17) is 9.72 Å². The van der Waals surface area contributed by atoms with E-state index in [0.29, 0.717) is 26.6 Å². The van der Waals surface area contributed by atoms with Crippen LogP contribution in [0.3, 0.4) is 0 Å². The maximum absolute atomic E-state index is 12.7. The van der Waals surface area contributed by atoms with Crippen molar-refractivity contribution >= 4 is 38.0 Å². The van der Waals surface area contributed by atoms with E-state index in [-0.39, 0.29) is 11.6 Å². The van der Waals surface area contributed by atoms with E-state index >= 15 is 0 Å². The predicted molar refractivity (Wildman–Crippen MR) is 161 cm³/mol. The summed E-state index contributed by atoms with van der Waals surface area (Å²) in [5.74, 6) is 1.98. The van der Waals surface area contributed by atoms with Gasteiger partial charge >= 0.3 is 0 Å². The molecule has 0 radical (unpaired) electrons.